The van der Waals surface area contributed by atoms with Gasteiger partial charge in [0.15, 0.2) is 0 Å². The minimum atomic E-state index is -1.05. The van der Waals surface area contributed by atoms with Crippen LogP contribution in [0.2, 0.25) is 0 Å². The van der Waals surface area contributed by atoms with Crippen molar-refractivity contribution in [1.82, 2.24) is 31.2 Å². The number of carbonyl (C=O) groups excluding carboxylic acids is 3. The largest absolute Gasteiger partial charge is 0.466 e. The first-order valence-electron chi connectivity index (χ1n) is 16.8. The van der Waals surface area contributed by atoms with Gasteiger partial charge in [0.05, 0.1) is 12.7 Å². The van der Waals surface area contributed by atoms with Crippen LogP contribution >= 0.6 is 0 Å². The Kier molecular flexibility index (Phi) is 11.5. The van der Waals surface area contributed by atoms with Crippen LogP contribution in [-0.4, -0.2) is 72.6 Å². The third-order valence-corrected chi connectivity index (χ3v) is 9.25. The second-order valence-corrected chi connectivity index (χ2v) is 12.5. The average Bonchev–Trinajstić information content (AvgIpc) is 3.56. The zero-order chi connectivity index (χ0) is 33.3. The molecule has 2 unspecified atom stereocenters. The van der Waals surface area contributed by atoms with Gasteiger partial charge in [0.25, 0.3) is 0 Å². The Morgan fingerprint density at radius 2 is 1.72 bits per heavy atom. The molecule has 1 aromatic heterocycles. The number of esters is 1. The molecule has 12 heteroatoms. The van der Waals surface area contributed by atoms with E-state index in [1.54, 1.807) is 25.1 Å². The molecule has 5 rings (SSSR count). The van der Waals surface area contributed by atoms with Crippen LogP contribution in [-0.2, 0) is 16.0 Å². The normalized spacial score (nSPS) is 17.8. The van der Waals surface area contributed by atoms with Gasteiger partial charge in [-0.05, 0) is 104 Å². The van der Waals surface area contributed by atoms with Crippen LogP contribution in [0, 0.1) is 5.92 Å². The molecule has 1 fully saturated rings. The SMILES string of the molecule is CCCCN(CCCC)c1ccc(CC(NC(=O)N2C(=O)NC(C)=C(C(=O)OC)C2c2ccc3nonc3c2)C2CCNCC2)cc1. The number of methoxy groups -OCH3 is 1. The third kappa shape index (κ3) is 7.93. The number of nitrogens with zero attached hydrogens (tertiary/aromatic N) is 4. The topological polar surface area (TPSA) is 142 Å². The maximum absolute atomic E-state index is 14.3. The molecule has 3 heterocycles. The first-order chi connectivity index (χ1) is 22.8. The zero-order valence-corrected chi connectivity index (χ0v) is 27.9. The number of benzene rings is 2. The molecule has 1 saturated heterocycles. The van der Waals surface area contributed by atoms with Gasteiger partial charge in [-0.3, -0.25) is 0 Å². The van der Waals surface area contributed by atoms with E-state index in [2.05, 4.69) is 69.3 Å². The summed E-state index contributed by atoms with van der Waals surface area (Å²) in [7, 11) is 1.27. The molecule has 0 saturated carbocycles. The number of ether oxygens (including phenoxy) is 1. The second-order valence-electron chi connectivity index (χ2n) is 12.5. The van der Waals surface area contributed by atoms with Crippen LogP contribution in [0.1, 0.15) is 76.5 Å². The Morgan fingerprint density at radius 1 is 1.04 bits per heavy atom. The number of amides is 4. The number of hydrogen-bond acceptors (Lipinski definition) is 9. The molecule has 4 amide bonds. The summed E-state index contributed by atoms with van der Waals surface area (Å²) in [5.41, 5.74) is 4.25. The monoisotopic (exact) mass is 645 g/mol. The average molecular weight is 646 g/mol. The summed E-state index contributed by atoms with van der Waals surface area (Å²) in [5, 5.41) is 17.1. The molecule has 0 aliphatic carbocycles. The van der Waals surface area contributed by atoms with E-state index in [9.17, 15) is 14.4 Å². The molecular formula is C35H47N7O5. The number of hydrogen-bond donors (Lipinski definition) is 3. The highest BCUT2D eigenvalue weighted by molar-refractivity contribution is 6.02. The van der Waals surface area contributed by atoms with Crippen LogP contribution < -0.4 is 20.9 Å². The summed E-state index contributed by atoms with van der Waals surface area (Å²) < 4.78 is 9.98. The molecule has 252 valence electrons. The van der Waals surface area contributed by atoms with E-state index in [0.29, 0.717) is 28.7 Å². The number of piperidine rings is 1. The molecule has 3 N–H and O–H groups in total. The van der Waals surface area contributed by atoms with Crippen molar-refractivity contribution >= 4 is 34.8 Å². The Labute approximate surface area is 276 Å². The van der Waals surface area contributed by atoms with Gasteiger partial charge in [-0.1, -0.05) is 44.9 Å². The lowest BCUT2D eigenvalue weighted by Gasteiger charge is -2.38. The van der Waals surface area contributed by atoms with Gasteiger partial charge >= 0.3 is 18.0 Å². The van der Waals surface area contributed by atoms with Gasteiger partial charge in [0, 0.05) is 30.5 Å². The molecule has 0 radical (unpaired) electrons. The molecule has 3 aromatic rings. The summed E-state index contributed by atoms with van der Waals surface area (Å²) >= 11 is 0. The Bertz CT molecular complexity index is 1560. The number of imide groups is 1. The van der Waals surface area contributed by atoms with Gasteiger partial charge in [-0.15, -0.1) is 0 Å². The lowest BCUT2D eigenvalue weighted by Crippen LogP contribution is -2.57. The number of carbonyl (C=O) groups is 3. The summed E-state index contributed by atoms with van der Waals surface area (Å²) in [6.07, 6.45) is 6.99. The van der Waals surface area contributed by atoms with Gasteiger partial charge in [-0.2, -0.15) is 0 Å². The fourth-order valence-electron chi connectivity index (χ4n) is 6.58. The van der Waals surface area contributed by atoms with Gasteiger partial charge in [-0.25, -0.2) is 23.9 Å². The van der Waals surface area contributed by atoms with E-state index in [-0.39, 0.29) is 17.5 Å². The van der Waals surface area contributed by atoms with Crippen molar-refractivity contribution in [3.8, 4) is 0 Å². The number of allylic oxidation sites excluding steroid dienone is 1. The number of nitrogens with one attached hydrogen (secondary N) is 3. The molecule has 2 aliphatic heterocycles. The zero-order valence-electron chi connectivity index (χ0n) is 27.9. The maximum atomic E-state index is 14.3. The highest BCUT2D eigenvalue weighted by atomic mass is 16.6. The summed E-state index contributed by atoms with van der Waals surface area (Å²) in [4.78, 5) is 44.5. The fourth-order valence-corrected chi connectivity index (χ4v) is 6.58. The van der Waals surface area contributed by atoms with E-state index < -0.39 is 24.1 Å². The number of rotatable bonds is 13. The molecule has 2 aliphatic rings. The highest BCUT2D eigenvalue weighted by Crippen LogP contribution is 2.36. The van der Waals surface area contributed by atoms with Crippen molar-refractivity contribution in [3.63, 3.8) is 0 Å². The van der Waals surface area contributed by atoms with Gasteiger partial charge in [0.2, 0.25) is 0 Å². The minimum absolute atomic E-state index is 0.155. The predicted octanol–water partition coefficient (Wildman–Crippen LogP) is 5.46. The Hall–Kier alpha value is -4.45. The predicted molar refractivity (Wildman–Crippen MR) is 180 cm³/mol. The molecule has 2 atom stereocenters. The third-order valence-electron chi connectivity index (χ3n) is 9.25. The quantitative estimate of drug-likeness (QED) is 0.207. The van der Waals surface area contributed by atoms with E-state index in [1.807, 2.05) is 0 Å². The van der Waals surface area contributed by atoms with Crippen molar-refractivity contribution < 1.29 is 23.7 Å². The smallest absolute Gasteiger partial charge is 0.337 e. The van der Waals surface area contributed by atoms with Crippen molar-refractivity contribution in [3.05, 3.63) is 64.9 Å². The van der Waals surface area contributed by atoms with Crippen LogP contribution in [0.3, 0.4) is 0 Å². The molecule has 0 spiro atoms. The lowest BCUT2D eigenvalue weighted by atomic mass is 9.86. The van der Waals surface area contributed by atoms with Crippen molar-refractivity contribution in [2.75, 3.05) is 38.2 Å². The number of fused-ring (bicyclic) bond motifs is 1. The summed E-state index contributed by atoms with van der Waals surface area (Å²) in [5.74, 6) is -0.447. The van der Waals surface area contributed by atoms with Crippen LogP contribution in [0.25, 0.3) is 11.0 Å². The van der Waals surface area contributed by atoms with E-state index in [0.717, 1.165) is 75.2 Å². The van der Waals surface area contributed by atoms with E-state index in [4.69, 9.17) is 9.37 Å². The van der Waals surface area contributed by atoms with Crippen LogP contribution in [0.5, 0.6) is 0 Å². The van der Waals surface area contributed by atoms with Crippen molar-refractivity contribution in [1.29, 1.82) is 0 Å². The number of anilines is 1. The van der Waals surface area contributed by atoms with Gasteiger partial charge in [0.1, 0.15) is 17.1 Å². The standard InChI is InChI=1S/C35H47N7O5/c1-5-7-19-41(20-8-6-2)27-12-9-24(10-13-27)21-29(25-15-17-36-18-16-25)38-35(45)42-32(26-11-14-28-30(22-26)40-47-39-28)31(33(43)46-4)23(3)37-34(42)44/h9-14,22,25,29,32,36H,5-8,15-21H2,1-4H3,(H,37,44)(H,38,45). The fraction of sp³-hybridized carbons (Fsp3) is 0.514. The Balaban J connectivity index is 1.43. The first-order valence-corrected chi connectivity index (χ1v) is 16.8. The molecule has 2 aromatic carbocycles. The first kappa shape index (κ1) is 33.9. The minimum Gasteiger partial charge on any atom is -0.466 e. The summed E-state index contributed by atoms with van der Waals surface area (Å²) in [6, 6.07) is 11.2. The molecule has 47 heavy (non-hydrogen) atoms. The van der Waals surface area contributed by atoms with E-state index >= 15 is 0 Å². The maximum Gasteiger partial charge on any atom is 0.337 e. The molecule has 0 bridgehead atoms. The lowest BCUT2D eigenvalue weighted by molar-refractivity contribution is -0.136. The second kappa shape index (κ2) is 15.9. The van der Waals surface area contributed by atoms with Crippen molar-refractivity contribution in [2.24, 2.45) is 5.92 Å². The van der Waals surface area contributed by atoms with Crippen LogP contribution in [0.15, 0.2) is 58.4 Å². The van der Waals surface area contributed by atoms with Crippen LogP contribution in [0.4, 0.5) is 15.3 Å². The number of urea groups is 2. The summed E-state index contributed by atoms with van der Waals surface area (Å²) in [6.45, 7) is 9.82. The van der Waals surface area contributed by atoms with Gasteiger partial charge < -0.3 is 25.6 Å². The molecule has 12 nitrogen and oxygen atoms in total. The van der Waals surface area contributed by atoms with E-state index in [1.165, 1.54) is 12.8 Å². The number of aromatic nitrogens is 2. The molecular weight excluding hydrogens is 598 g/mol. The van der Waals surface area contributed by atoms with Crippen molar-refractivity contribution in [2.45, 2.75) is 77.8 Å². The Morgan fingerprint density at radius 3 is 2.38 bits per heavy atom. The highest BCUT2D eigenvalue weighted by Gasteiger charge is 2.43. The number of unbranched alkanes of at least 4 members (excludes halogenated alkanes) is 2.